The Morgan fingerprint density at radius 1 is 1.60 bits per heavy atom. The number of benzene rings is 1. The molecule has 20 heavy (non-hydrogen) atoms. The lowest BCUT2D eigenvalue weighted by Crippen LogP contribution is -2.53. The number of hydrogen-bond acceptors (Lipinski definition) is 4. The molecule has 1 aromatic rings. The molecule has 1 aromatic carbocycles. The minimum Gasteiger partial charge on any atom is -0.496 e. The van der Waals surface area contributed by atoms with Crippen molar-refractivity contribution in [1.82, 2.24) is 4.90 Å². The maximum absolute atomic E-state index is 12.3. The van der Waals surface area contributed by atoms with Gasteiger partial charge in [-0.05, 0) is 33.6 Å². The van der Waals surface area contributed by atoms with E-state index in [0.717, 1.165) is 15.8 Å². The van der Waals surface area contributed by atoms with Crippen molar-refractivity contribution in [2.45, 2.75) is 6.54 Å². The van der Waals surface area contributed by atoms with Crippen LogP contribution in [-0.2, 0) is 16.1 Å². The summed E-state index contributed by atoms with van der Waals surface area (Å²) < 4.78 is 11.0. The fourth-order valence-corrected chi connectivity index (χ4v) is 2.65. The minimum absolute atomic E-state index is 0.180. The van der Waals surface area contributed by atoms with Crippen molar-refractivity contribution in [3.63, 3.8) is 0 Å². The molecular formula is C14H15BrN2O3. The molecule has 1 aliphatic heterocycles. The van der Waals surface area contributed by atoms with E-state index in [1.165, 1.54) is 0 Å². The number of rotatable bonds is 4. The Hall–Kier alpha value is -1.58. The standard InChI is InChI=1S/C14H15BrN2O3/c1-17(13(18)14(7-16)8-20-9-14)6-10-3-4-12(19-2)11(15)5-10/h3-5H,6,8-9H2,1-2H3. The highest BCUT2D eigenvalue weighted by Crippen LogP contribution is 2.30. The van der Waals surface area contributed by atoms with Gasteiger partial charge < -0.3 is 14.4 Å². The molecule has 2 rings (SSSR count). The van der Waals surface area contributed by atoms with Crippen LogP contribution in [0.3, 0.4) is 0 Å². The van der Waals surface area contributed by atoms with Crippen LogP contribution in [0.15, 0.2) is 22.7 Å². The van der Waals surface area contributed by atoms with Crippen LogP contribution in [0.4, 0.5) is 0 Å². The van der Waals surface area contributed by atoms with Crippen molar-refractivity contribution in [2.75, 3.05) is 27.4 Å². The van der Waals surface area contributed by atoms with Gasteiger partial charge in [-0.3, -0.25) is 4.79 Å². The summed E-state index contributed by atoms with van der Waals surface area (Å²) in [5.74, 6) is 0.543. The summed E-state index contributed by atoms with van der Waals surface area (Å²) in [6.07, 6.45) is 0. The van der Waals surface area contributed by atoms with E-state index < -0.39 is 5.41 Å². The van der Waals surface area contributed by atoms with Crippen molar-refractivity contribution >= 4 is 21.8 Å². The van der Waals surface area contributed by atoms with Gasteiger partial charge in [0.25, 0.3) is 0 Å². The first-order chi connectivity index (χ1) is 9.52. The van der Waals surface area contributed by atoms with Gasteiger partial charge in [0.2, 0.25) is 5.91 Å². The van der Waals surface area contributed by atoms with Crippen molar-refractivity contribution in [2.24, 2.45) is 5.41 Å². The van der Waals surface area contributed by atoms with Crippen LogP contribution < -0.4 is 4.74 Å². The average Bonchev–Trinajstić information content (AvgIpc) is 2.38. The first kappa shape index (κ1) is 14.8. The monoisotopic (exact) mass is 338 g/mol. The highest BCUT2D eigenvalue weighted by molar-refractivity contribution is 9.10. The van der Waals surface area contributed by atoms with Crippen molar-refractivity contribution in [3.8, 4) is 11.8 Å². The molecule has 1 amide bonds. The first-order valence-corrected chi connectivity index (χ1v) is 6.89. The number of nitrogens with zero attached hydrogens (tertiary/aromatic N) is 2. The lowest BCUT2D eigenvalue weighted by atomic mass is 9.86. The Labute approximate surface area is 126 Å². The Bertz CT molecular complexity index is 564. The lowest BCUT2D eigenvalue weighted by Gasteiger charge is -2.36. The van der Waals surface area contributed by atoms with E-state index in [1.807, 2.05) is 18.2 Å². The van der Waals surface area contributed by atoms with Gasteiger partial charge in [-0.25, -0.2) is 0 Å². The molecule has 5 nitrogen and oxygen atoms in total. The molecule has 0 atom stereocenters. The number of carbonyl (C=O) groups is 1. The summed E-state index contributed by atoms with van der Waals surface area (Å²) in [5, 5.41) is 9.13. The van der Waals surface area contributed by atoms with E-state index in [1.54, 1.807) is 19.1 Å². The molecule has 1 heterocycles. The molecule has 0 bridgehead atoms. The van der Waals surface area contributed by atoms with Gasteiger partial charge in [-0.2, -0.15) is 5.26 Å². The summed E-state index contributed by atoms with van der Waals surface area (Å²) >= 11 is 3.41. The minimum atomic E-state index is -1.00. The number of halogens is 1. The molecule has 0 N–H and O–H groups in total. The number of nitriles is 1. The second-order valence-corrected chi connectivity index (χ2v) is 5.67. The average molecular weight is 339 g/mol. The molecule has 1 saturated heterocycles. The van der Waals surface area contributed by atoms with Crippen LogP contribution in [0.1, 0.15) is 5.56 Å². The van der Waals surface area contributed by atoms with E-state index in [9.17, 15) is 4.79 Å². The number of carbonyl (C=O) groups excluding carboxylic acids is 1. The third kappa shape index (κ3) is 2.65. The molecule has 0 spiro atoms. The Morgan fingerprint density at radius 3 is 2.75 bits per heavy atom. The van der Waals surface area contributed by atoms with E-state index in [2.05, 4.69) is 22.0 Å². The molecule has 1 aliphatic rings. The predicted octanol–water partition coefficient (Wildman–Crippen LogP) is 1.96. The quantitative estimate of drug-likeness (QED) is 0.841. The second kappa shape index (κ2) is 5.81. The van der Waals surface area contributed by atoms with Crippen LogP contribution in [0.25, 0.3) is 0 Å². The summed E-state index contributed by atoms with van der Waals surface area (Å²) in [4.78, 5) is 13.8. The van der Waals surface area contributed by atoms with Crippen LogP contribution in [0.5, 0.6) is 5.75 Å². The maximum Gasteiger partial charge on any atom is 0.247 e. The number of hydrogen-bond donors (Lipinski definition) is 0. The van der Waals surface area contributed by atoms with Gasteiger partial charge in [0, 0.05) is 13.6 Å². The molecule has 0 radical (unpaired) electrons. The predicted molar refractivity (Wildman–Crippen MR) is 76.0 cm³/mol. The smallest absolute Gasteiger partial charge is 0.247 e. The normalized spacial score (nSPS) is 15.9. The van der Waals surface area contributed by atoms with Gasteiger partial charge in [-0.15, -0.1) is 0 Å². The van der Waals surface area contributed by atoms with Crippen LogP contribution >= 0.6 is 15.9 Å². The molecule has 0 saturated carbocycles. The fraction of sp³-hybridized carbons (Fsp3) is 0.429. The molecular weight excluding hydrogens is 324 g/mol. The Morgan fingerprint density at radius 2 is 2.30 bits per heavy atom. The summed E-state index contributed by atoms with van der Waals surface area (Å²) in [7, 11) is 3.29. The second-order valence-electron chi connectivity index (χ2n) is 4.82. The highest BCUT2D eigenvalue weighted by Gasteiger charge is 2.48. The molecule has 0 aliphatic carbocycles. The van der Waals surface area contributed by atoms with E-state index in [4.69, 9.17) is 14.7 Å². The largest absolute Gasteiger partial charge is 0.496 e. The summed E-state index contributed by atoms with van der Waals surface area (Å²) in [5.41, 5.74) is -0.0415. The van der Waals surface area contributed by atoms with Gasteiger partial charge in [-0.1, -0.05) is 6.07 Å². The van der Waals surface area contributed by atoms with Gasteiger partial charge in [0.1, 0.15) is 5.75 Å². The molecule has 0 aromatic heterocycles. The Kier molecular flexibility index (Phi) is 4.31. The number of methoxy groups -OCH3 is 1. The van der Waals surface area contributed by atoms with Gasteiger partial charge in [0.15, 0.2) is 5.41 Å². The van der Waals surface area contributed by atoms with Gasteiger partial charge in [0.05, 0.1) is 30.9 Å². The third-order valence-corrected chi connectivity index (χ3v) is 3.92. The highest BCUT2D eigenvalue weighted by atomic mass is 79.9. The van der Waals surface area contributed by atoms with Crippen LogP contribution in [0.2, 0.25) is 0 Å². The summed E-state index contributed by atoms with van der Waals surface area (Å²) in [6, 6.07) is 7.70. The van der Waals surface area contributed by atoms with E-state index in [0.29, 0.717) is 6.54 Å². The Balaban J connectivity index is 2.08. The zero-order valence-corrected chi connectivity index (χ0v) is 12.9. The number of amides is 1. The van der Waals surface area contributed by atoms with Crippen molar-refractivity contribution in [3.05, 3.63) is 28.2 Å². The summed E-state index contributed by atoms with van der Waals surface area (Å²) in [6.45, 7) is 0.794. The van der Waals surface area contributed by atoms with E-state index >= 15 is 0 Å². The molecule has 6 heteroatoms. The third-order valence-electron chi connectivity index (χ3n) is 3.30. The lowest BCUT2D eigenvalue weighted by molar-refractivity contribution is -0.160. The zero-order valence-electron chi connectivity index (χ0n) is 11.4. The molecule has 1 fully saturated rings. The maximum atomic E-state index is 12.3. The fourth-order valence-electron chi connectivity index (χ4n) is 2.06. The zero-order chi connectivity index (χ0) is 14.8. The first-order valence-electron chi connectivity index (χ1n) is 6.09. The van der Waals surface area contributed by atoms with Crippen molar-refractivity contribution < 1.29 is 14.3 Å². The topological polar surface area (TPSA) is 62.6 Å². The molecule has 0 unspecified atom stereocenters. The number of ether oxygens (including phenoxy) is 2. The van der Waals surface area contributed by atoms with Crippen LogP contribution in [-0.4, -0.2) is 38.2 Å². The van der Waals surface area contributed by atoms with Crippen LogP contribution in [0, 0.1) is 16.7 Å². The van der Waals surface area contributed by atoms with E-state index in [-0.39, 0.29) is 19.1 Å². The van der Waals surface area contributed by atoms with Gasteiger partial charge >= 0.3 is 0 Å². The SMILES string of the molecule is COc1ccc(CN(C)C(=O)C2(C#N)COC2)cc1Br. The molecule has 106 valence electrons. The van der Waals surface area contributed by atoms with Crippen molar-refractivity contribution in [1.29, 1.82) is 5.26 Å².